The molecule has 0 saturated carbocycles. The number of nitrogens with zero attached hydrogens (tertiary/aromatic N) is 8. The zero-order valence-electron chi connectivity index (χ0n) is 27.8. The summed E-state index contributed by atoms with van der Waals surface area (Å²) < 4.78 is 0. The summed E-state index contributed by atoms with van der Waals surface area (Å²) in [7, 11) is 0. The smallest absolute Gasteiger partial charge is 0.291 e. The molecule has 2 aliphatic heterocycles. The van der Waals surface area contributed by atoms with E-state index in [4.69, 9.17) is 23.1 Å². The molecule has 0 unspecified atom stereocenters. The van der Waals surface area contributed by atoms with Gasteiger partial charge in [-0.1, -0.05) is 51.2 Å². The highest BCUT2D eigenvalue weighted by Crippen LogP contribution is 2.60. The lowest BCUT2D eigenvalue weighted by Crippen LogP contribution is -2.26. The molecule has 10 nitrogen and oxygen atoms in total. The maximum atomic E-state index is 13.2. The van der Waals surface area contributed by atoms with E-state index in [1.165, 1.54) is 43.6 Å². The van der Waals surface area contributed by atoms with Crippen molar-refractivity contribution in [2.45, 2.75) is 52.4 Å². The molecule has 4 aliphatic rings. The van der Waals surface area contributed by atoms with Crippen LogP contribution in [0.5, 0.6) is 0 Å². The van der Waals surface area contributed by atoms with Crippen molar-refractivity contribution in [1.82, 2.24) is 9.80 Å². The minimum absolute atomic E-state index is 0.116. The first-order valence-electron chi connectivity index (χ1n) is 15.5. The zero-order valence-corrected chi connectivity index (χ0v) is 31.0. The van der Waals surface area contributed by atoms with Gasteiger partial charge in [-0.25, -0.2) is 30.2 Å². The molecule has 2 amide bonds. The van der Waals surface area contributed by atoms with E-state index in [9.17, 15) is 20.1 Å². The minimum atomic E-state index is -0.339. The number of aliphatic imine (C=N–C) groups is 2. The van der Waals surface area contributed by atoms with Crippen LogP contribution in [0, 0.1) is 35.8 Å². The van der Waals surface area contributed by atoms with Gasteiger partial charge in [-0.3, -0.25) is 9.59 Å². The number of hydrogen-bond acceptors (Lipinski definition) is 10. The molecule has 50 heavy (non-hydrogen) atoms. The summed E-state index contributed by atoms with van der Waals surface area (Å²) in [4.78, 5) is 47.6. The van der Waals surface area contributed by atoms with Crippen LogP contribution in [0.4, 0.5) is 10.0 Å². The molecule has 246 valence electrons. The molecule has 4 heterocycles. The van der Waals surface area contributed by atoms with Crippen LogP contribution in [-0.2, 0) is 20.4 Å². The second kappa shape index (κ2) is 11.8. The van der Waals surface area contributed by atoms with Crippen LogP contribution >= 0.6 is 46.2 Å². The van der Waals surface area contributed by atoms with Crippen molar-refractivity contribution >= 4 is 78.1 Å². The minimum Gasteiger partial charge on any atom is -0.309 e. The van der Waals surface area contributed by atoms with Gasteiger partial charge in [-0.05, 0) is 71.5 Å². The maximum Gasteiger partial charge on any atom is 0.291 e. The van der Waals surface area contributed by atoms with Crippen molar-refractivity contribution in [2.75, 3.05) is 13.1 Å². The maximum absolute atomic E-state index is 13.2. The van der Waals surface area contributed by atoms with Crippen molar-refractivity contribution < 1.29 is 9.59 Å². The molecule has 0 N–H and O–H groups in total. The van der Waals surface area contributed by atoms with Crippen LogP contribution in [0.25, 0.3) is 30.6 Å². The van der Waals surface area contributed by atoms with Crippen molar-refractivity contribution in [1.29, 1.82) is 10.5 Å². The first-order valence-corrected chi connectivity index (χ1v) is 18.8. The summed E-state index contributed by atoms with van der Waals surface area (Å²) in [6.07, 6.45) is 0. The number of benzene rings is 1. The third-order valence-corrected chi connectivity index (χ3v) is 13.7. The first-order chi connectivity index (χ1) is 23.8. The number of fused-ring (bicyclic) bond motifs is 6. The Morgan fingerprint density at radius 2 is 1.10 bits per heavy atom. The molecule has 0 radical (unpaired) electrons. The number of hydrogen-bond donors (Lipinski definition) is 0. The molecular weight excluding hydrogens is 705 g/mol. The first kappa shape index (κ1) is 33.5. The van der Waals surface area contributed by atoms with Crippen LogP contribution in [0.2, 0.25) is 0 Å². The van der Waals surface area contributed by atoms with E-state index in [2.05, 4.69) is 49.5 Å². The Bertz CT molecular complexity index is 2210. The van der Waals surface area contributed by atoms with Gasteiger partial charge < -0.3 is 9.80 Å². The topological polar surface area (TPSA) is 122 Å². The number of thiophene rings is 2. The van der Waals surface area contributed by atoms with Crippen molar-refractivity contribution in [3.63, 3.8) is 0 Å². The van der Waals surface area contributed by atoms with Crippen LogP contribution in [0.15, 0.2) is 55.7 Å². The molecule has 1 aromatic carbocycles. The Labute approximate surface area is 305 Å². The van der Waals surface area contributed by atoms with Gasteiger partial charge in [0, 0.05) is 33.7 Å². The van der Waals surface area contributed by atoms with E-state index in [0.717, 1.165) is 55.5 Å². The fourth-order valence-corrected chi connectivity index (χ4v) is 11.4. The fourth-order valence-electron chi connectivity index (χ4n) is 6.80. The lowest BCUT2D eigenvalue weighted by molar-refractivity contribution is -0.121. The molecular formula is C36H26N8O2S4. The summed E-state index contributed by atoms with van der Waals surface area (Å²) in [6, 6.07) is 12.5. The van der Waals surface area contributed by atoms with Gasteiger partial charge in [0.25, 0.3) is 23.2 Å². The molecule has 2 aliphatic carbocycles. The van der Waals surface area contributed by atoms with E-state index >= 15 is 0 Å². The number of carbonyl (C=O) groups is 2. The molecule has 0 atom stereocenters. The molecule has 2 fully saturated rings. The van der Waals surface area contributed by atoms with Crippen molar-refractivity contribution in [2.24, 2.45) is 9.98 Å². The van der Waals surface area contributed by atoms with Gasteiger partial charge in [0.2, 0.25) is 0 Å². The summed E-state index contributed by atoms with van der Waals surface area (Å²) >= 11 is 5.22. The summed E-state index contributed by atoms with van der Waals surface area (Å²) in [6.45, 7) is 27.8. The average Bonchev–Trinajstić information content (AvgIpc) is 3.91. The van der Waals surface area contributed by atoms with Crippen LogP contribution in [0.3, 0.4) is 0 Å². The van der Waals surface area contributed by atoms with Gasteiger partial charge in [0.1, 0.15) is 20.1 Å². The number of rotatable bonds is 4. The Morgan fingerprint density at radius 3 is 1.42 bits per heavy atom. The van der Waals surface area contributed by atoms with E-state index < -0.39 is 0 Å². The predicted octanol–water partition coefficient (Wildman–Crippen LogP) is 8.90. The Balaban J connectivity index is 1.26. The van der Waals surface area contributed by atoms with Crippen molar-refractivity contribution in [3.8, 4) is 33.0 Å². The van der Waals surface area contributed by atoms with E-state index in [1.807, 2.05) is 24.3 Å². The molecule has 0 spiro atoms. The van der Waals surface area contributed by atoms with Crippen LogP contribution in [-0.4, -0.2) is 44.8 Å². The molecule has 3 aromatic rings. The van der Waals surface area contributed by atoms with E-state index in [0.29, 0.717) is 33.1 Å². The number of amides is 2. The standard InChI is InChI=1S/C36H26N8O2S4/c1-9-43-31(45)29(49-33(43)23(15-37)39-7)41-25-13-21-27(47-25)17-11-20-18(12-19(17)35(21,3)4)28-22(36(20,5)6)14-26(48-28)42-30-32(46)44(10-2)34(50-30)24(16-38)40-8/h11-14H,9-10H2,1-6H3/b33-23-,34-24+,41-29?,42-30?. The SMILES string of the molecule is [C-]#[N+]/C(C#N)=C1\SC(=Nc2cc3c(s2)-c2cc4c(cc2C3(C)C)-c2sc(N=C3S/C(=C(\C#N)[N+]#[C-])N(CC)C3=O)cc2C4(C)C)C(=O)N1CC. The molecule has 2 aromatic heterocycles. The summed E-state index contributed by atoms with van der Waals surface area (Å²) in [5.74, 6) is -0.615. The van der Waals surface area contributed by atoms with Gasteiger partial charge >= 0.3 is 0 Å². The fraction of sp³-hybridized carbons (Fsp3) is 0.278. The number of allylic oxidation sites excluding steroid dienone is 2. The molecule has 0 bridgehead atoms. The highest BCUT2D eigenvalue weighted by molar-refractivity contribution is 8.20. The van der Waals surface area contributed by atoms with Crippen LogP contribution in [0.1, 0.15) is 63.8 Å². The lowest BCUT2D eigenvalue weighted by Gasteiger charge is -2.24. The number of thioether (sulfide) groups is 2. The molecule has 7 rings (SSSR count). The Morgan fingerprint density at radius 1 is 0.720 bits per heavy atom. The largest absolute Gasteiger partial charge is 0.309 e. The van der Waals surface area contributed by atoms with Crippen LogP contribution < -0.4 is 0 Å². The zero-order chi connectivity index (χ0) is 35.9. The van der Waals surface area contributed by atoms with Gasteiger partial charge in [0.15, 0.2) is 10.1 Å². The second-order valence-electron chi connectivity index (χ2n) is 12.7. The third kappa shape index (κ3) is 4.71. The number of nitriles is 2. The highest BCUT2D eigenvalue weighted by Gasteiger charge is 2.44. The van der Waals surface area contributed by atoms with Gasteiger partial charge in [-0.15, -0.1) is 22.7 Å². The summed E-state index contributed by atoms with van der Waals surface area (Å²) in [5, 5.41) is 21.4. The highest BCUT2D eigenvalue weighted by atomic mass is 32.2. The monoisotopic (exact) mass is 730 g/mol. The lowest BCUT2D eigenvalue weighted by atomic mass is 9.79. The van der Waals surface area contributed by atoms with E-state index in [1.54, 1.807) is 13.8 Å². The molecule has 14 heteroatoms. The Kier molecular flexibility index (Phi) is 7.93. The average molecular weight is 731 g/mol. The summed E-state index contributed by atoms with van der Waals surface area (Å²) in [5.41, 5.74) is 6.03. The predicted molar refractivity (Wildman–Crippen MR) is 200 cm³/mol. The molecule has 2 saturated heterocycles. The Hall–Kier alpha value is -4.96. The van der Waals surface area contributed by atoms with E-state index in [-0.39, 0.29) is 44.1 Å². The number of carbonyl (C=O) groups excluding carboxylic acids is 2. The van der Waals surface area contributed by atoms with Gasteiger partial charge in [-0.2, -0.15) is 0 Å². The quantitative estimate of drug-likeness (QED) is 0.195. The third-order valence-electron chi connectivity index (χ3n) is 9.41. The van der Waals surface area contributed by atoms with Crippen molar-refractivity contribution in [3.05, 3.63) is 90.8 Å². The van der Waals surface area contributed by atoms with Gasteiger partial charge in [0.05, 0.1) is 25.3 Å². The second-order valence-corrected chi connectivity index (χ2v) is 16.8. The normalized spacial score (nSPS) is 21.4.